The van der Waals surface area contributed by atoms with Crippen LogP contribution in [0.3, 0.4) is 0 Å². The van der Waals surface area contributed by atoms with Gasteiger partial charge in [-0.1, -0.05) is 54.1 Å². The van der Waals surface area contributed by atoms with Crippen molar-refractivity contribution < 1.29 is 0 Å². The maximum Gasteiger partial charge on any atom is 0.262 e. The number of halogens is 1. The molecule has 0 saturated heterocycles. The van der Waals surface area contributed by atoms with Gasteiger partial charge in [-0.2, -0.15) is 4.98 Å². The summed E-state index contributed by atoms with van der Waals surface area (Å²) in [6.07, 6.45) is 2.49. The van der Waals surface area contributed by atoms with Crippen LogP contribution in [0, 0.1) is 0 Å². The number of hydrogen-bond acceptors (Lipinski definition) is 4. The summed E-state index contributed by atoms with van der Waals surface area (Å²) in [5, 5.41) is 4.28. The number of H-pyrrole nitrogens is 1. The number of nitrogens with one attached hydrogen (secondary N) is 2. The summed E-state index contributed by atoms with van der Waals surface area (Å²) in [7, 11) is 0. The van der Waals surface area contributed by atoms with Crippen molar-refractivity contribution in [1.82, 2.24) is 15.0 Å². The Balaban J connectivity index is 1.62. The Morgan fingerprint density at radius 1 is 1.00 bits per heavy atom. The summed E-state index contributed by atoms with van der Waals surface area (Å²) in [5.41, 5.74) is 3.08. The number of aromatic nitrogens is 3. The normalized spacial score (nSPS) is 10.9. The van der Waals surface area contributed by atoms with Gasteiger partial charge in [0.15, 0.2) is 5.65 Å². The van der Waals surface area contributed by atoms with Crippen LogP contribution in [-0.4, -0.2) is 21.5 Å². The molecule has 5 nitrogen and oxygen atoms in total. The molecule has 2 aromatic carbocycles. The number of fused-ring (bicyclic) bond motifs is 1. The van der Waals surface area contributed by atoms with Gasteiger partial charge in [-0.05, 0) is 41.3 Å². The van der Waals surface area contributed by atoms with Gasteiger partial charge in [-0.15, -0.1) is 0 Å². The lowest BCUT2D eigenvalue weighted by Gasteiger charge is -2.09. The van der Waals surface area contributed by atoms with Crippen LogP contribution in [0.1, 0.15) is 5.56 Å². The number of benzene rings is 2. The first-order chi connectivity index (χ1) is 13.2. The Hall–Kier alpha value is -3.18. The Bertz CT molecular complexity index is 1120. The average molecular weight is 377 g/mol. The maximum absolute atomic E-state index is 12.7. The largest absolute Gasteiger partial charge is 0.355 e. The second kappa shape index (κ2) is 7.60. The summed E-state index contributed by atoms with van der Waals surface area (Å²) < 4.78 is 0. The zero-order valence-electron chi connectivity index (χ0n) is 14.4. The first-order valence-corrected chi connectivity index (χ1v) is 9.01. The standard InChI is InChI=1S/C21H17ClN4O/c22-16-8-6-15(7-9-16)17-11-13-23-19-18(17)20(27)26-21(25-19)24-12-10-14-4-2-1-3-5-14/h1-9,11,13H,10,12H2,(H2,23,24,25,26,27). The van der Waals surface area contributed by atoms with E-state index in [9.17, 15) is 4.79 Å². The van der Waals surface area contributed by atoms with Gasteiger partial charge in [0.1, 0.15) is 0 Å². The van der Waals surface area contributed by atoms with Gasteiger partial charge in [0, 0.05) is 17.8 Å². The van der Waals surface area contributed by atoms with Crippen molar-refractivity contribution in [1.29, 1.82) is 0 Å². The van der Waals surface area contributed by atoms with Gasteiger partial charge < -0.3 is 5.32 Å². The number of nitrogens with zero attached hydrogens (tertiary/aromatic N) is 2. The molecule has 0 atom stereocenters. The van der Waals surface area contributed by atoms with Crippen LogP contribution in [0.2, 0.25) is 5.02 Å². The van der Waals surface area contributed by atoms with Crippen LogP contribution >= 0.6 is 11.6 Å². The lowest BCUT2D eigenvalue weighted by Crippen LogP contribution is -2.16. The minimum Gasteiger partial charge on any atom is -0.355 e. The van der Waals surface area contributed by atoms with E-state index in [0.717, 1.165) is 17.5 Å². The van der Waals surface area contributed by atoms with Crippen molar-refractivity contribution in [2.75, 3.05) is 11.9 Å². The molecule has 0 aliphatic heterocycles. The third-order valence-electron chi connectivity index (χ3n) is 4.31. The Morgan fingerprint density at radius 3 is 2.56 bits per heavy atom. The predicted octanol–water partition coefficient (Wildman–Crippen LogP) is 4.29. The summed E-state index contributed by atoms with van der Waals surface area (Å²) in [4.78, 5) is 24.2. The minimum absolute atomic E-state index is 0.222. The summed E-state index contributed by atoms with van der Waals surface area (Å²) in [6, 6.07) is 19.3. The highest BCUT2D eigenvalue weighted by atomic mass is 35.5. The molecule has 27 heavy (non-hydrogen) atoms. The first kappa shape index (κ1) is 17.2. The molecule has 0 amide bonds. The fraction of sp³-hybridized carbons (Fsp3) is 0.0952. The summed E-state index contributed by atoms with van der Waals surface area (Å²) in [6.45, 7) is 0.662. The molecule has 2 heterocycles. The van der Waals surface area contributed by atoms with Crippen molar-refractivity contribution in [2.24, 2.45) is 0 Å². The monoisotopic (exact) mass is 376 g/mol. The maximum atomic E-state index is 12.7. The predicted molar refractivity (Wildman–Crippen MR) is 109 cm³/mol. The van der Waals surface area contributed by atoms with E-state index in [1.165, 1.54) is 5.56 Å². The fourth-order valence-corrected chi connectivity index (χ4v) is 3.11. The van der Waals surface area contributed by atoms with Crippen LogP contribution in [0.25, 0.3) is 22.2 Å². The molecule has 134 valence electrons. The van der Waals surface area contributed by atoms with Crippen molar-refractivity contribution in [3.63, 3.8) is 0 Å². The van der Waals surface area contributed by atoms with E-state index in [0.29, 0.717) is 28.5 Å². The van der Waals surface area contributed by atoms with Crippen LogP contribution in [0.4, 0.5) is 5.95 Å². The van der Waals surface area contributed by atoms with Gasteiger partial charge >= 0.3 is 0 Å². The van der Waals surface area contributed by atoms with Gasteiger partial charge in [-0.25, -0.2) is 4.98 Å². The minimum atomic E-state index is -0.222. The van der Waals surface area contributed by atoms with Crippen molar-refractivity contribution >= 4 is 28.6 Å². The zero-order valence-corrected chi connectivity index (χ0v) is 15.2. The van der Waals surface area contributed by atoms with E-state index in [2.05, 4.69) is 32.4 Å². The SMILES string of the molecule is O=c1[nH]c(NCCc2ccccc2)nc2nccc(-c3ccc(Cl)cc3)c12. The smallest absolute Gasteiger partial charge is 0.262 e. The third kappa shape index (κ3) is 3.83. The van der Waals surface area contributed by atoms with Gasteiger partial charge in [0.05, 0.1) is 5.39 Å². The highest BCUT2D eigenvalue weighted by Crippen LogP contribution is 2.25. The molecule has 0 spiro atoms. The molecule has 4 rings (SSSR count). The van der Waals surface area contributed by atoms with Crippen LogP contribution < -0.4 is 10.9 Å². The quantitative estimate of drug-likeness (QED) is 0.545. The Kier molecular flexibility index (Phi) is 4.85. The molecule has 0 aliphatic rings. The number of hydrogen-bond donors (Lipinski definition) is 2. The topological polar surface area (TPSA) is 70.7 Å². The van der Waals surface area contributed by atoms with E-state index in [1.54, 1.807) is 18.3 Å². The van der Waals surface area contributed by atoms with Gasteiger partial charge in [0.2, 0.25) is 5.95 Å². The van der Waals surface area contributed by atoms with Crippen molar-refractivity contribution in [3.05, 3.63) is 87.8 Å². The molecule has 0 bridgehead atoms. The lowest BCUT2D eigenvalue weighted by molar-refractivity contribution is 0.982. The second-order valence-corrected chi connectivity index (χ2v) is 6.58. The molecule has 2 N–H and O–H groups in total. The Labute approximate surface area is 161 Å². The summed E-state index contributed by atoms with van der Waals surface area (Å²) in [5.74, 6) is 0.421. The van der Waals surface area contributed by atoms with Crippen molar-refractivity contribution in [3.8, 4) is 11.1 Å². The zero-order chi connectivity index (χ0) is 18.6. The molecule has 0 radical (unpaired) electrons. The molecule has 0 aliphatic carbocycles. The van der Waals surface area contributed by atoms with Gasteiger partial charge in [-0.3, -0.25) is 9.78 Å². The van der Waals surface area contributed by atoms with Crippen LogP contribution in [0.5, 0.6) is 0 Å². The highest BCUT2D eigenvalue weighted by Gasteiger charge is 2.11. The molecule has 4 aromatic rings. The second-order valence-electron chi connectivity index (χ2n) is 6.14. The number of pyridine rings is 1. The molecular weight excluding hydrogens is 360 g/mol. The Morgan fingerprint density at radius 2 is 1.78 bits per heavy atom. The van der Waals surface area contributed by atoms with E-state index in [1.807, 2.05) is 36.4 Å². The molecule has 0 unspecified atom stereocenters. The van der Waals surface area contributed by atoms with Crippen molar-refractivity contribution in [2.45, 2.75) is 6.42 Å². The molecule has 2 aromatic heterocycles. The van der Waals surface area contributed by atoms with Crippen LogP contribution in [-0.2, 0) is 6.42 Å². The lowest BCUT2D eigenvalue weighted by atomic mass is 10.0. The van der Waals surface area contributed by atoms with Gasteiger partial charge in [0.25, 0.3) is 5.56 Å². The average Bonchev–Trinajstić information content (AvgIpc) is 2.69. The van der Waals surface area contributed by atoms with E-state index < -0.39 is 0 Å². The third-order valence-corrected chi connectivity index (χ3v) is 4.56. The molecule has 6 heteroatoms. The van der Waals surface area contributed by atoms with E-state index in [-0.39, 0.29) is 5.56 Å². The number of anilines is 1. The fourth-order valence-electron chi connectivity index (χ4n) is 2.99. The number of aromatic amines is 1. The van der Waals surface area contributed by atoms with Crippen LogP contribution in [0.15, 0.2) is 71.7 Å². The van der Waals surface area contributed by atoms with E-state index in [4.69, 9.17) is 11.6 Å². The highest BCUT2D eigenvalue weighted by molar-refractivity contribution is 6.30. The van der Waals surface area contributed by atoms with E-state index >= 15 is 0 Å². The first-order valence-electron chi connectivity index (χ1n) is 8.63. The number of rotatable bonds is 5. The molecule has 0 saturated carbocycles. The molecule has 0 fully saturated rings. The summed E-state index contributed by atoms with van der Waals surface area (Å²) >= 11 is 5.96. The molecular formula is C21H17ClN4O.